The van der Waals surface area contributed by atoms with Crippen LogP contribution in [0.4, 0.5) is 0 Å². The zero-order chi connectivity index (χ0) is 14.3. The van der Waals surface area contributed by atoms with Crippen LogP contribution in [0.15, 0.2) is 17.3 Å². The van der Waals surface area contributed by atoms with Crippen LogP contribution in [0, 0.1) is 0 Å². The maximum Gasteiger partial charge on any atom is 0.271 e. The molecule has 20 heavy (non-hydrogen) atoms. The van der Waals surface area contributed by atoms with Gasteiger partial charge in [-0.2, -0.15) is 0 Å². The quantitative estimate of drug-likeness (QED) is 0.641. The molecule has 7 nitrogen and oxygen atoms in total. The first kappa shape index (κ1) is 13.3. The highest BCUT2D eigenvalue weighted by Gasteiger charge is 2.52. The lowest BCUT2D eigenvalue weighted by molar-refractivity contribution is -0.149. The van der Waals surface area contributed by atoms with Crippen LogP contribution >= 0.6 is 0 Å². The van der Waals surface area contributed by atoms with E-state index in [0.717, 1.165) is 18.9 Å². The van der Waals surface area contributed by atoms with Crippen molar-refractivity contribution >= 4 is 17.4 Å². The Labute approximate surface area is 115 Å². The first-order chi connectivity index (χ1) is 9.53. The number of carbonyl (C=O) groups is 2. The lowest BCUT2D eigenvalue weighted by Crippen LogP contribution is -2.53. The molecule has 0 saturated carbocycles. The van der Waals surface area contributed by atoms with Gasteiger partial charge in [0.25, 0.3) is 5.91 Å². The van der Waals surface area contributed by atoms with Gasteiger partial charge >= 0.3 is 0 Å². The third-order valence-corrected chi connectivity index (χ3v) is 4.03. The second kappa shape index (κ2) is 4.68. The van der Waals surface area contributed by atoms with Gasteiger partial charge in [0.15, 0.2) is 11.4 Å². The van der Waals surface area contributed by atoms with Crippen molar-refractivity contribution in [2.75, 3.05) is 13.1 Å². The Morgan fingerprint density at radius 3 is 2.80 bits per heavy atom. The van der Waals surface area contributed by atoms with E-state index in [1.54, 1.807) is 4.90 Å². The minimum absolute atomic E-state index is 0.0599. The second-order valence-electron chi connectivity index (χ2n) is 5.39. The number of oxime groups is 1. The molecule has 3 atom stereocenters. The van der Waals surface area contributed by atoms with E-state index in [4.69, 9.17) is 4.84 Å². The van der Waals surface area contributed by atoms with Gasteiger partial charge in [-0.1, -0.05) is 5.16 Å². The standard InChI is InChI=1S/C13H16N2O5/c16-9-3-4-13(11(18)10(9)17)7-8(14-20-13)12(19)15-5-1-2-6-15/h3-4,10-11,17-18H,1-2,5-7H2/t10-,11-,13-/m0/s1. The van der Waals surface area contributed by atoms with Crippen LogP contribution in [-0.4, -0.2) is 63.4 Å². The molecule has 1 saturated heterocycles. The molecule has 0 aromatic heterocycles. The van der Waals surface area contributed by atoms with Crippen molar-refractivity contribution in [3.63, 3.8) is 0 Å². The summed E-state index contributed by atoms with van der Waals surface area (Å²) in [4.78, 5) is 30.4. The summed E-state index contributed by atoms with van der Waals surface area (Å²) in [5, 5.41) is 23.4. The van der Waals surface area contributed by atoms with E-state index in [1.807, 2.05) is 0 Å². The molecule has 2 heterocycles. The van der Waals surface area contributed by atoms with Crippen molar-refractivity contribution in [1.82, 2.24) is 4.90 Å². The number of rotatable bonds is 1. The zero-order valence-corrected chi connectivity index (χ0v) is 10.9. The molecule has 7 heteroatoms. The first-order valence-electron chi connectivity index (χ1n) is 6.67. The van der Waals surface area contributed by atoms with Gasteiger partial charge in [0.2, 0.25) is 0 Å². The van der Waals surface area contributed by atoms with Crippen molar-refractivity contribution in [2.24, 2.45) is 5.16 Å². The highest BCUT2D eigenvalue weighted by atomic mass is 16.7. The largest absolute Gasteiger partial charge is 0.385 e. The number of likely N-dealkylation sites (tertiary alicyclic amines) is 1. The average Bonchev–Trinajstić information content (AvgIpc) is 3.11. The van der Waals surface area contributed by atoms with E-state index in [0.29, 0.717) is 13.1 Å². The van der Waals surface area contributed by atoms with Crippen LogP contribution in [-0.2, 0) is 14.4 Å². The molecule has 1 aliphatic carbocycles. The number of amides is 1. The summed E-state index contributed by atoms with van der Waals surface area (Å²) in [5.74, 6) is -0.780. The smallest absolute Gasteiger partial charge is 0.271 e. The number of aliphatic hydroxyl groups is 2. The van der Waals surface area contributed by atoms with Crippen molar-refractivity contribution in [2.45, 2.75) is 37.1 Å². The van der Waals surface area contributed by atoms with E-state index in [2.05, 4.69) is 5.16 Å². The normalized spacial score (nSPS) is 36.4. The van der Waals surface area contributed by atoms with Gasteiger partial charge in [-0.05, 0) is 25.0 Å². The monoisotopic (exact) mass is 280 g/mol. The molecule has 1 spiro atoms. The molecule has 2 N–H and O–H groups in total. The predicted octanol–water partition coefficient (Wildman–Crippen LogP) is -1.02. The van der Waals surface area contributed by atoms with Crippen LogP contribution in [0.25, 0.3) is 0 Å². The number of ketones is 1. The Morgan fingerprint density at radius 2 is 2.10 bits per heavy atom. The SMILES string of the molecule is O=C1C=C[C@]2(CC(C(=O)N3CCCC3)=NO2)[C@@H](O)[C@H]1O. The van der Waals surface area contributed by atoms with Crippen molar-refractivity contribution < 1.29 is 24.6 Å². The fraction of sp³-hybridized carbons (Fsp3) is 0.615. The van der Waals surface area contributed by atoms with Crippen molar-refractivity contribution in [3.8, 4) is 0 Å². The van der Waals surface area contributed by atoms with Gasteiger partial charge in [0, 0.05) is 19.5 Å². The Balaban J connectivity index is 1.76. The van der Waals surface area contributed by atoms with Gasteiger partial charge in [0.1, 0.15) is 17.9 Å². The zero-order valence-electron chi connectivity index (χ0n) is 10.9. The van der Waals surface area contributed by atoms with Gasteiger partial charge in [-0.15, -0.1) is 0 Å². The number of carbonyl (C=O) groups excluding carboxylic acids is 2. The van der Waals surface area contributed by atoms with Crippen LogP contribution in [0.2, 0.25) is 0 Å². The van der Waals surface area contributed by atoms with Crippen molar-refractivity contribution in [3.05, 3.63) is 12.2 Å². The number of aliphatic hydroxyl groups excluding tert-OH is 2. The van der Waals surface area contributed by atoms with Gasteiger partial charge in [0.05, 0.1) is 0 Å². The molecule has 108 valence electrons. The van der Waals surface area contributed by atoms with Crippen LogP contribution < -0.4 is 0 Å². The lowest BCUT2D eigenvalue weighted by atomic mass is 9.82. The summed E-state index contributed by atoms with van der Waals surface area (Å²) in [6.45, 7) is 1.40. The number of nitrogens with zero attached hydrogens (tertiary/aromatic N) is 2. The van der Waals surface area contributed by atoms with E-state index in [9.17, 15) is 19.8 Å². The summed E-state index contributed by atoms with van der Waals surface area (Å²) < 4.78 is 0. The van der Waals surface area contributed by atoms with Gasteiger partial charge in [-0.25, -0.2) is 0 Å². The molecule has 1 fully saturated rings. The minimum atomic E-state index is -1.54. The molecule has 0 unspecified atom stereocenters. The lowest BCUT2D eigenvalue weighted by Gasteiger charge is -2.33. The summed E-state index contributed by atoms with van der Waals surface area (Å²) in [6, 6.07) is 0. The highest BCUT2D eigenvalue weighted by molar-refractivity contribution is 6.39. The molecule has 1 amide bonds. The molecular formula is C13H16N2O5. The summed E-state index contributed by atoms with van der Waals surface area (Å²) in [7, 11) is 0. The molecule has 0 aromatic rings. The molecule has 0 radical (unpaired) electrons. The molecule has 3 rings (SSSR count). The Kier molecular flexibility index (Phi) is 3.10. The van der Waals surface area contributed by atoms with E-state index in [1.165, 1.54) is 6.08 Å². The Morgan fingerprint density at radius 1 is 1.40 bits per heavy atom. The topological polar surface area (TPSA) is 99.4 Å². The van der Waals surface area contributed by atoms with Gasteiger partial charge < -0.3 is 20.0 Å². The van der Waals surface area contributed by atoms with Crippen LogP contribution in [0.1, 0.15) is 19.3 Å². The minimum Gasteiger partial charge on any atom is -0.385 e. The van der Waals surface area contributed by atoms with E-state index in [-0.39, 0.29) is 18.0 Å². The van der Waals surface area contributed by atoms with Crippen LogP contribution in [0.5, 0.6) is 0 Å². The predicted molar refractivity (Wildman–Crippen MR) is 67.8 cm³/mol. The molecule has 0 bridgehead atoms. The number of hydrogen-bond acceptors (Lipinski definition) is 6. The third kappa shape index (κ3) is 1.94. The van der Waals surface area contributed by atoms with Gasteiger partial charge in [-0.3, -0.25) is 9.59 Å². The Hall–Kier alpha value is -1.73. The fourth-order valence-corrected chi connectivity index (χ4v) is 2.77. The Bertz CT molecular complexity index is 509. The first-order valence-corrected chi connectivity index (χ1v) is 6.67. The number of hydrogen-bond donors (Lipinski definition) is 2. The fourth-order valence-electron chi connectivity index (χ4n) is 2.77. The molecular weight excluding hydrogens is 264 g/mol. The summed E-state index contributed by atoms with van der Waals surface area (Å²) in [6.07, 6.45) is 1.58. The van der Waals surface area contributed by atoms with Crippen molar-refractivity contribution in [1.29, 1.82) is 0 Å². The second-order valence-corrected chi connectivity index (χ2v) is 5.39. The molecule has 0 aromatic carbocycles. The van der Waals surface area contributed by atoms with E-state index >= 15 is 0 Å². The third-order valence-electron chi connectivity index (χ3n) is 4.03. The summed E-state index contributed by atoms with van der Waals surface area (Å²) >= 11 is 0. The highest BCUT2D eigenvalue weighted by Crippen LogP contribution is 2.34. The molecule has 2 aliphatic heterocycles. The summed E-state index contributed by atoms with van der Waals surface area (Å²) in [5.41, 5.74) is -1.09. The molecule has 3 aliphatic rings. The van der Waals surface area contributed by atoms with E-state index < -0.39 is 23.6 Å². The average molecular weight is 280 g/mol. The van der Waals surface area contributed by atoms with Crippen LogP contribution in [0.3, 0.4) is 0 Å². The maximum atomic E-state index is 12.2. The maximum absolute atomic E-state index is 12.2.